The number of aryl methyl sites for hydroxylation is 1. The van der Waals surface area contributed by atoms with Crippen molar-refractivity contribution in [1.29, 1.82) is 0 Å². The van der Waals surface area contributed by atoms with Crippen molar-refractivity contribution in [3.8, 4) is 11.1 Å². The molecule has 0 N–H and O–H groups in total. The summed E-state index contributed by atoms with van der Waals surface area (Å²) >= 11 is 1.69. The third-order valence-corrected chi connectivity index (χ3v) is 3.34. The van der Waals surface area contributed by atoms with E-state index in [9.17, 15) is 4.39 Å². The summed E-state index contributed by atoms with van der Waals surface area (Å²) in [6, 6.07) is 13.4. The SMILES string of the molecule is CSc1ccc(-c2cccc(C)c2F)cc1. The quantitative estimate of drug-likeness (QED) is 0.686. The second kappa shape index (κ2) is 4.71. The number of halogens is 1. The fourth-order valence-corrected chi connectivity index (χ4v) is 2.05. The Morgan fingerprint density at radius 2 is 1.69 bits per heavy atom. The first kappa shape index (κ1) is 11.2. The zero-order chi connectivity index (χ0) is 11.5. The average Bonchev–Trinajstić information content (AvgIpc) is 2.33. The molecule has 2 aromatic carbocycles. The predicted molar refractivity (Wildman–Crippen MR) is 68.4 cm³/mol. The zero-order valence-electron chi connectivity index (χ0n) is 9.33. The van der Waals surface area contributed by atoms with Crippen LogP contribution in [0.1, 0.15) is 5.56 Å². The van der Waals surface area contributed by atoms with Crippen LogP contribution in [0.4, 0.5) is 4.39 Å². The third-order valence-electron chi connectivity index (χ3n) is 2.59. The fourth-order valence-electron chi connectivity index (χ4n) is 1.64. The first-order valence-corrected chi connectivity index (χ1v) is 6.34. The molecule has 0 saturated heterocycles. The lowest BCUT2D eigenvalue weighted by Crippen LogP contribution is -1.87. The van der Waals surface area contributed by atoms with Gasteiger partial charge >= 0.3 is 0 Å². The molecule has 0 amide bonds. The van der Waals surface area contributed by atoms with E-state index in [2.05, 4.69) is 0 Å². The molecule has 82 valence electrons. The second-order valence-electron chi connectivity index (χ2n) is 3.66. The van der Waals surface area contributed by atoms with Crippen LogP contribution in [0.5, 0.6) is 0 Å². The van der Waals surface area contributed by atoms with Gasteiger partial charge in [0.25, 0.3) is 0 Å². The van der Waals surface area contributed by atoms with E-state index in [0.29, 0.717) is 11.1 Å². The van der Waals surface area contributed by atoms with Gasteiger partial charge in [0.1, 0.15) is 5.82 Å². The zero-order valence-corrected chi connectivity index (χ0v) is 10.1. The van der Waals surface area contributed by atoms with E-state index in [-0.39, 0.29) is 5.82 Å². The maximum atomic E-state index is 13.9. The molecule has 0 aliphatic carbocycles. The Morgan fingerprint density at radius 1 is 1.00 bits per heavy atom. The molecule has 0 saturated carbocycles. The Kier molecular flexibility index (Phi) is 3.30. The minimum atomic E-state index is -0.126. The van der Waals surface area contributed by atoms with E-state index < -0.39 is 0 Å². The van der Waals surface area contributed by atoms with E-state index >= 15 is 0 Å². The van der Waals surface area contributed by atoms with Crippen LogP contribution in [0.3, 0.4) is 0 Å². The number of hydrogen-bond donors (Lipinski definition) is 0. The molecule has 0 radical (unpaired) electrons. The normalized spacial score (nSPS) is 10.4. The smallest absolute Gasteiger partial charge is 0.133 e. The number of benzene rings is 2. The van der Waals surface area contributed by atoms with Crippen molar-refractivity contribution in [2.75, 3.05) is 6.26 Å². The van der Waals surface area contributed by atoms with Crippen LogP contribution in [-0.2, 0) is 0 Å². The highest BCUT2D eigenvalue weighted by molar-refractivity contribution is 7.98. The van der Waals surface area contributed by atoms with Crippen molar-refractivity contribution >= 4 is 11.8 Å². The minimum absolute atomic E-state index is 0.126. The van der Waals surface area contributed by atoms with Gasteiger partial charge in [-0.1, -0.05) is 30.3 Å². The maximum Gasteiger partial charge on any atom is 0.133 e. The monoisotopic (exact) mass is 232 g/mol. The molecule has 2 heteroatoms. The fraction of sp³-hybridized carbons (Fsp3) is 0.143. The van der Waals surface area contributed by atoms with Crippen LogP contribution >= 0.6 is 11.8 Å². The highest BCUT2D eigenvalue weighted by Gasteiger charge is 2.06. The van der Waals surface area contributed by atoms with Crippen molar-refractivity contribution in [1.82, 2.24) is 0 Å². The van der Waals surface area contributed by atoms with Crippen LogP contribution in [-0.4, -0.2) is 6.26 Å². The van der Waals surface area contributed by atoms with Gasteiger partial charge in [0.05, 0.1) is 0 Å². The molecule has 2 rings (SSSR count). The summed E-state index contributed by atoms with van der Waals surface area (Å²) in [5.74, 6) is -0.126. The second-order valence-corrected chi connectivity index (χ2v) is 4.54. The molecule has 16 heavy (non-hydrogen) atoms. The maximum absolute atomic E-state index is 13.9. The number of thioether (sulfide) groups is 1. The highest BCUT2D eigenvalue weighted by atomic mass is 32.2. The highest BCUT2D eigenvalue weighted by Crippen LogP contribution is 2.26. The third kappa shape index (κ3) is 2.12. The lowest BCUT2D eigenvalue weighted by molar-refractivity contribution is 0.622. The van der Waals surface area contributed by atoms with Gasteiger partial charge in [-0.05, 0) is 36.4 Å². The van der Waals surface area contributed by atoms with Gasteiger partial charge < -0.3 is 0 Å². The van der Waals surface area contributed by atoms with Crippen LogP contribution in [0.2, 0.25) is 0 Å². The van der Waals surface area contributed by atoms with Gasteiger partial charge in [-0.3, -0.25) is 0 Å². The van der Waals surface area contributed by atoms with E-state index in [1.807, 2.05) is 42.7 Å². The van der Waals surface area contributed by atoms with Crippen LogP contribution in [0.15, 0.2) is 47.4 Å². The molecule has 0 nitrogen and oxygen atoms in total. The van der Waals surface area contributed by atoms with Crippen LogP contribution < -0.4 is 0 Å². The minimum Gasteiger partial charge on any atom is -0.206 e. The molecular formula is C14H13FS. The van der Waals surface area contributed by atoms with Gasteiger partial charge in [0.2, 0.25) is 0 Å². The summed E-state index contributed by atoms with van der Waals surface area (Å²) in [5, 5.41) is 0. The molecule has 0 aliphatic rings. The number of hydrogen-bond acceptors (Lipinski definition) is 1. The number of rotatable bonds is 2. The molecule has 0 atom stereocenters. The summed E-state index contributed by atoms with van der Waals surface area (Å²) in [4.78, 5) is 1.19. The summed E-state index contributed by atoms with van der Waals surface area (Å²) in [6.07, 6.45) is 2.03. The first-order valence-electron chi connectivity index (χ1n) is 5.12. The van der Waals surface area contributed by atoms with Crippen molar-refractivity contribution in [3.05, 3.63) is 53.8 Å². The summed E-state index contributed by atoms with van der Waals surface area (Å²) < 4.78 is 13.9. The van der Waals surface area contributed by atoms with Crippen molar-refractivity contribution in [2.45, 2.75) is 11.8 Å². The Morgan fingerprint density at radius 3 is 2.31 bits per heavy atom. The van der Waals surface area contributed by atoms with Gasteiger partial charge in [-0.25, -0.2) is 4.39 Å². The van der Waals surface area contributed by atoms with Crippen molar-refractivity contribution in [3.63, 3.8) is 0 Å². The molecule has 0 heterocycles. The van der Waals surface area contributed by atoms with Gasteiger partial charge in [-0.2, -0.15) is 0 Å². The molecule has 0 spiro atoms. The summed E-state index contributed by atoms with van der Waals surface area (Å²) in [6.45, 7) is 1.79. The standard InChI is InChI=1S/C14H13FS/c1-10-4-3-5-13(14(10)15)11-6-8-12(16-2)9-7-11/h3-9H,1-2H3. The molecule has 0 bridgehead atoms. The van der Waals surface area contributed by atoms with Crippen molar-refractivity contribution in [2.24, 2.45) is 0 Å². The van der Waals surface area contributed by atoms with E-state index in [1.54, 1.807) is 24.8 Å². The van der Waals surface area contributed by atoms with Crippen molar-refractivity contribution < 1.29 is 4.39 Å². The summed E-state index contributed by atoms with van der Waals surface area (Å²) in [5.41, 5.74) is 2.29. The van der Waals surface area contributed by atoms with Crippen LogP contribution in [0.25, 0.3) is 11.1 Å². The van der Waals surface area contributed by atoms with E-state index in [0.717, 1.165) is 5.56 Å². The molecule has 0 unspecified atom stereocenters. The Balaban J connectivity index is 2.46. The summed E-state index contributed by atoms with van der Waals surface area (Å²) in [7, 11) is 0. The first-order chi connectivity index (χ1) is 7.72. The van der Waals surface area contributed by atoms with Gasteiger partial charge in [0, 0.05) is 10.5 Å². The lowest BCUT2D eigenvalue weighted by Gasteiger charge is -2.06. The Bertz CT molecular complexity index is 489. The van der Waals surface area contributed by atoms with E-state index in [1.165, 1.54) is 4.90 Å². The molecule has 0 aromatic heterocycles. The average molecular weight is 232 g/mol. The Hall–Kier alpha value is -1.28. The largest absolute Gasteiger partial charge is 0.206 e. The topological polar surface area (TPSA) is 0 Å². The molecular weight excluding hydrogens is 219 g/mol. The van der Waals surface area contributed by atoms with Gasteiger partial charge in [0.15, 0.2) is 0 Å². The molecule has 0 fully saturated rings. The van der Waals surface area contributed by atoms with Crippen LogP contribution in [0, 0.1) is 12.7 Å². The van der Waals surface area contributed by atoms with Gasteiger partial charge in [-0.15, -0.1) is 11.8 Å². The lowest BCUT2D eigenvalue weighted by atomic mass is 10.0. The van der Waals surface area contributed by atoms with E-state index in [4.69, 9.17) is 0 Å². The predicted octanol–water partition coefficient (Wildman–Crippen LogP) is 4.52. The molecule has 2 aromatic rings. The molecule has 0 aliphatic heterocycles. The Labute approximate surface area is 99.5 Å².